The Bertz CT molecular complexity index is 917. The molecule has 2 N–H and O–H groups in total. The summed E-state index contributed by atoms with van der Waals surface area (Å²) in [7, 11) is 3.86. The van der Waals surface area contributed by atoms with Crippen LogP contribution >= 0.6 is 24.0 Å². The number of rotatable bonds is 9. The van der Waals surface area contributed by atoms with Gasteiger partial charge in [-0.1, -0.05) is 18.2 Å². The van der Waals surface area contributed by atoms with E-state index in [0.29, 0.717) is 37.8 Å². The van der Waals surface area contributed by atoms with Crippen LogP contribution in [0.5, 0.6) is 5.75 Å². The Hall–Kier alpha value is -1.91. The predicted molar refractivity (Wildman–Crippen MR) is 142 cm³/mol. The van der Waals surface area contributed by atoms with Crippen LogP contribution in [-0.2, 0) is 24.4 Å². The van der Waals surface area contributed by atoms with Crippen LogP contribution in [0.2, 0.25) is 0 Å². The number of benzene rings is 2. The summed E-state index contributed by atoms with van der Waals surface area (Å²) in [6.45, 7) is 7.84. The summed E-state index contributed by atoms with van der Waals surface area (Å²) in [6.07, 6.45) is 1.02. The van der Waals surface area contributed by atoms with Gasteiger partial charge in [0, 0.05) is 37.2 Å². The highest BCUT2D eigenvalue weighted by Crippen LogP contribution is 2.24. The lowest BCUT2D eigenvalue weighted by atomic mass is 10.1. The van der Waals surface area contributed by atoms with Gasteiger partial charge in [-0.2, -0.15) is 0 Å². The Morgan fingerprint density at radius 3 is 2.70 bits per heavy atom. The second kappa shape index (κ2) is 13.7. The topological polar surface area (TPSA) is 58.1 Å². The third-order valence-electron chi connectivity index (χ3n) is 5.21. The quantitative estimate of drug-likeness (QED) is 0.269. The summed E-state index contributed by atoms with van der Waals surface area (Å²) < 4.78 is 25.7. The second-order valence-electron chi connectivity index (χ2n) is 8.43. The number of nitrogens with one attached hydrogen (secondary N) is 2. The molecule has 2 aromatic carbocycles. The molecule has 1 fully saturated rings. The summed E-state index contributed by atoms with van der Waals surface area (Å²) in [5.41, 5.74) is 3.88. The lowest BCUT2D eigenvalue weighted by Crippen LogP contribution is -2.37. The second-order valence-corrected chi connectivity index (χ2v) is 8.43. The van der Waals surface area contributed by atoms with Gasteiger partial charge in [-0.3, -0.25) is 0 Å². The molecule has 1 saturated heterocycles. The van der Waals surface area contributed by atoms with Crippen LogP contribution in [0.3, 0.4) is 0 Å². The zero-order valence-electron chi connectivity index (χ0n) is 20.0. The molecule has 0 spiro atoms. The van der Waals surface area contributed by atoms with Crippen LogP contribution in [0.15, 0.2) is 41.4 Å². The number of hydrogen-bond donors (Lipinski definition) is 2. The minimum absolute atomic E-state index is 0. The molecule has 0 aliphatic carbocycles. The largest absolute Gasteiger partial charge is 0.488 e. The van der Waals surface area contributed by atoms with Gasteiger partial charge in [-0.05, 0) is 57.3 Å². The number of guanidine groups is 1. The first kappa shape index (κ1) is 27.3. The maximum absolute atomic E-state index is 14.1. The van der Waals surface area contributed by atoms with E-state index < -0.39 is 0 Å². The molecular formula is C25H36FIN4O2. The van der Waals surface area contributed by atoms with Gasteiger partial charge >= 0.3 is 0 Å². The number of ether oxygens (including phenoxy) is 2. The average molecular weight is 570 g/mol. The van der Waals surface area contributed by atoms with Crippen LogP contribution in [0.1, 0.15) is 35.6 Å². The van der Waals surface area contributed by atoms with Crippen molar-refractivity contribution in [3.8, 4) is 5.75 Å². The molecule has 0 aromatic heterocycles. The Labute approximate surface area is 214 Å². The summed E-state index contributed by atoms with van der Waals surface area (Å²) in [5.74, 6) is 1.41. The molecule has 33 heavy (non-hydrogen) atoms. The Morgan fingerprint density at radius 2 is 2.00 bits per heavy atom. The third kappa shape index (κ3) is 8.75. The van der Waals surface area contributed by atoms with Gasteiger partial charge in [0.2, 0.25) is 0 Å². The van der Waals surface area contributed by atoms with Gasteiger partial charge in [0.05, 0.1) is 19.8 Å². The Morgan fingerprint density at radius 1 is 1.18 bits per heavy atom. The molecule has 6 nitrogen and oxygen atoms in total. The van der Waals surface area contributed by atoms with Crippen LogP contribution in [0.4, 0.5) is 4.39 Å². The summed E-state index contributed by atoms with van der Waals surface area (Å²) in [5, 5.41) is 6.68. The zero-order valence-corrected chi connectivity index (χ0v) is 22.3. The highest BCUT2D eigenvalue weighted by atomic mass is 127. The van der Waals surface area contributed by atoms with E-state index in [0.717, 1.165) is 42.0 Å². The van der Waals surface area contributed by atoms with Crippen LogP contribution in [0, 0.1) is 12.7 Å². The van der Waals surface area contributed by atoms with Crippen LogP contribution < -0.4 is 15.4 Å². The van der Waals surface area contributed by atoms with Gasteiger partial charge < -0.3 is 25.0 Å². The minimum atomic E-state index is -0.184. The van der Waals surface area contributed by atoms with Crippen molar-refractivity contribution in [3.63, 3.8) is 0 Å². The molecule has 1 heterocycles. The lowest BCUT2D eigenvalue weighted by Gasteiger charge is -2.18. The Kier molecular flexibility index (Phi) is 11.4. The number of halogens is 2. The highest BCUT2D eigenvalue weighted by Gasteiger charge is 2.18. The van der Waals surface area contributed by atoms with Gasteiger partial charge in [0.25, 0.3) is 0 Å². The van der Waals surface area contributed by atoms with E-state index in [2.05, 4.69) is 35.8 Å². The van der Waals surface area contributed by atoms with Gasteiger partial charge in [0.1, 0.15) is 17.7 Å². The highest BCUT2D eigenvalue weighted by molar-refractivity contribution is 14.0. The van der Waals surface area contributed by atoms with Crippen molar-refractivity contribution in [2.75, 3.05) is 33.9 Å². The van der Waals surface area contributed by atoms with E-state index in [9.17, 15) is 4.39 Å². The molecule has 0 radical (unpaired) electrons. The van der Waals surface area contributed by atoms with Crippen molar-refractivity contribution in [1.82, 2.24) is 15.5 Å². The number of hydrogen-bond acceptors (Lipinski definition) is 4. The van der Waals surface area contributed by atoms with Crippen molar-refractivity contribution in [1.29, 1.82) is 0 Å². The van der Waals surface area contributed by atoms with Gasteiger partial charge in [-0.15, -0.1) is 24.0 Å². The molecule has 2 aromatic rings. The first-order valence-corrected chi connectivity index (χ1v) is 11.2. The normalized spacial score (nSPS) is 15.9. The molecule has 1 aliphatic rings. The minimum Gasteiger partial charge on any atom is -0.488 e. The maximum Gasteiger partial charge on any atom is 0.191 e. The lowest BCUT2D eigenvalue weighted by molar-refractivity contribution is 0.140. The fourth-order valence-corrected chi connectivity index (χ4v) is 3.58. The van der Waals surface area contributed by atoms with E-state index >= 15 is 0 Å². The standard InChI is InChI=1S/C25H35FN4O2.HI/c1-5-27-25(28-14-19-7-9-23(26)21(13-19)16-30(3)4)29-15-20-8-6-18(2)12-24(20)32-22-10-11-31-17-22;/h6-9,12-13,22H,5,10-11,14-17H2,1-4H3,(H2,27,28,29);1H. The molecule has 0 saturated carbocycles. The molecular weight excluding hydrogens is 534 g/mol. The van der Waals surface area contributed by atoms with E-state index in [1.54, 1.807) is 6.07 Å². The van der Waals surface area contributed by atoms with Crippen molar-refractivity contribution >= 4 is 29.9 Å². The molecule has 1 atom stereocenters. The van der Waals surface area contributed by atoms with Crippen LogP contribution in [0.25, 0.3) is 0 Å². The van der Waals surface area contributed by atoms with Crippen molar-refractivity contribution in [2.45, 2.75) is 46.0 Å². The van der Waals surface area contributed by atoms with Crippen molar-refractivity contribution in [2.24, 2.45) is 4.99 Å². The third-order valence-corrected chi connectivity index (χ3v) is 5.21. The van der Waals surface area contributed by atoms with Crippen LogP contribution in [-0.4, -0.2) is 50.8 Å². The fraction of sp³-hybridized carbons (Fsp3) is 0.480. The number of aryl methyl sites for hydroxylation is 1. The van der Waals surface area contributed by atoms with E-state index in [1.807, 2.05) is 32.0 Å². The molecule has 182 valence electrons. The predicted octanol–water partition coefficient (Wildman–Crippen LogP) is 4.24. The molecule has 8 heteroatoms. The van der Waals surface area contributed by atoms with E-state index in [-0.39, 0.29) is 35.9 Å². The smallest absolute Gasteiger partial charge is 0.191 e. The summed E-state index contributed by atoms with van der Waals surface area (Å²) in [4.78, 5) is 6.65. The molecule has 1 unspecified atom stereocenters. The molecule has 0 amide bonds. The number of aliphatic imine (C=N–C) groups is 1. The van der Waals surface area contributed by atoms with Gasteiger partial charge in [0.15, 0.2) is 5.96 Å². The monoisotopic (exact) mass is 570 g/mol. The van der Waals surface area contributed by atoms with Gasteiger partial charge in [-0.25, -0.2) is 9.38 Å². The maximum atomic E-state index is 14.1. The molecule has 0 bridgehead atoms. The number of nitrogens with zero attached hydrogens (tertiary/aromatic N) is 2. The first-order chi connectivity index (χ1) is 15.4. The summed E-state index contributed by atoms with van der Waals surface area (Å²) in [6, 6.07) is 11.4. The van der Waals surface area contributed by atoms with Crippen molar-refractivity contribution < 1.29 is 13.9 Å². The van der Waals surface area contributed by atoms with E-state index in [1.165, 1.54) is 6.07 Å². The van der Waals surface area contributed by atoms with Crippen molar-refractivity contribution in [3.05, 3.63) is 64.5 Å². The first-order valence-electron chi connectivity index (χ1n) is 11.2. The zero-order chi connectivity index (χ0) is 22.9. The average Bonchev–Trinajstić information content (AvgIpc) is 3.26. The molecule has 1 aliphatic heterocycles. The fourth-order valence-electron chi connectivity index (χ4n) is 3.58. The Balaban J connectivity index is 0.00000385. The van der Waals surface area contributed by atoms with E-state index in [4.69, 9.17) is 14.5 Å². The SMILES string of the molecule is CCNC(=NCc1ccc(F)c(CN(C)C)c1)NCc1ccc(C)cc1OC1CCOC1.I. The summed E-state index contributed by atoms with van der Waals surface area (Å²) >= 11 is 0. The molecule has 3 rings (SSSR count).